The average molecular weight is 248 g/mol. The molecule has 0 spiro atoms. The van der Waals surface area contributed by atoms with Gasteiger partial charge in [-0.05, 0) is 18.6 Å². The van der Waals surface area contributed by atoms with Crippen molar-refractivity contribution in [2.24, 2.45) is 5.92 Å². The van der Waals surface area contributed by atoms with E-state index in [1.807, 2.05) is 0 Å². The lowest BCUT2D eigenvalue weighted by atomic mass is 9.90. The van der Waals surface area contributed by atoms with Crippen LogP contribution < -0.4 is 5.32 Å². The first-order valence-electron chi connectivity index (χ1n) is 5.50. The number of rotatable bonds is 3. The molecular formula is C12H12N2O4. The van der Waals surface area contributed by atoms with Gasteiger partial charge in [0, 0.05) is 12.6 Å². The highest BCUT2D eigenvalue weighted by molar-refractivity contribution is 6.20. The number of esters is 1. The average Bonchev–Trinajstić information content (AvgIpc) is 2.38. The third-order valence-electron chi connectivity index (χ3n) is 2.81. The molecule has 0 saturated carbocycles. The molecule has 0 fully saturated rings. The number of hydrogen-bond acceptors (Lipinski definition) is 5. The molecule has 0 saturated heterocycles. The van der Waals surface area contributed by atoms with Gasteiger partial charge in [0.1, 0.15) is 11.7 Å². The topological polar surface area (TPSA) is 85.4 Å². The second kappa shape index (κ2) is 4.95. The number of anilines is 1. The van der Waals surface area contributed by atoms with Crippen LogP contribution in [-0.4, -0.2) is 29.8 Å². The summed E-state index contributed by atoms with van der Waals surface area (Å²) in [7, 11) is 1.27. The molecule has 1 aromatic rings. The predicted octanol–water partition coefficient (Wildman–Crippen LogP) is 0.786. The summed E-state index contributed by atoms with van der Waals surface area (Å²) in [5, 5.41) is 2.56. The summed E-state index contributed by atoms with van der Waals surface area (Å²) in [6.45, 7) is 0. The summed E-state index contributed by atoms with van der Waals surface area (Å²) in [5.74, 6) is -1.73. The number of aromatic nitrogens is 1. The zero-order valence-electron chi connectivity index (χ0n) is 9.80. The van der Waals surface area contributed by atoms with E-state index in [1.54, 1.807) is 12.1 Å². The molecule has 0 aromatic carbocycles. The number of methoxy groups -OCH3 is 1. The van der Waals surface area contributed by atoms with E-state index in [9.17, 15) is 14.4 Å². The van der Waals surface area contributed by atoms with E-state index in [1.165, 1.54) is 13.3 Å². The number of hydrogen-bond donors (Lipinski definition) is 1. The molecule has 2 rings (SSSR count). The number of pyridine rings is 1. The highest BCUT2D eigenvalue weighted by Crippen LogP contribution is 2.25. The Labute approximate surface area is 103 Å². The van der Waals surface area contributed by atoms with E-state index < -0.39 is 17.8 Å². The molecule has 1 atom stereocenters. The normalized spacial score (nSPS) is 17.9. The van der Waals surface area contributed by atoms with Crippen molar-refractivity contribution >= 4 is 23.5 Å². The van der Waals surface area contributed by atoms with Gasteiger partial charge in [-0.3, -0.25) is 14.4 Å². The minimum atomic E-state index is -0.846. The Balaban J connectivity index is 2.17. The van der Waals surface area contributed by atoms with Crippen molar-refractivity contribution in [2.75, 3.05) is 12.4 Å². The van der Waals surface area contributed by atoms with Gasteiger partial charge < -0.3 is 10.1 Å². The van der Waals surface area contributed by atoms with E-state index in [2.05, 4.69) is 15.0 Å². The molecular weight excluding hydrogens is 236 g/mol. The van der Waals surface area contributed by atoms with Crippen molar-refractivity contribution in [3.8, 4) is 0 Å². The Morgan fingerprint density at radius 1 is 1.50 bits per heavy atom. The maximum atomic E-state index is 12.1. The van der Waals surface area contributed by atoms with Gasteiger partial charge in [0.2, 0.25) is 5.91 Å². The van der Waals surface area contributed by atoms with E-state index in [0.717, 1.165) is 0 Å². The Morgan fingerprint density at radius 3 is 3.00 bits per heavy atom. The fourth-order valence-corrected chi connectivity index (χ4v) is 1.84. The molecule has 18 heavy (non-hydrogen) atoms. The van der Waals surface area contributed by atoms with Crippen LogP contribution in [0.1, 0.15) is 23.2 Å². The fraction of sp³-hybridized carbons (Fsp3) is 0.333. The second-order valence-corrected chi connectivity index (χ2v) is 3.92. The van der Waals surface area contributed by atoms with Gasteiger partial charge in [0.05, 0.1) is 12.7 Å². The third-order valence-corrected chi connectivity index (χ3v) is 2.81. The van der Waals surface area contributed by atoms with Gasteiger partial charge in [-0.15, -0.1) is 0 Å². The molecule has 1 amide bonds. The molecule has 1 N–H and O–H groups in total. The molecule has 6 heteroatoms. The maximum Gasteiger partial charge on any atom is 0.305 e. The van der Waals surface area contributed by atoms with Crippen molar-refractivity contribution in [3.63, 3.8) is 0 Å². The standard InChI is InChI=1S/C12H12N2O4/c1-18-9(15)5-4-8-10(16)7-3-2-6-13-11(7)14-12(8)17/h2-3,6,8H,4-5H2,1H3,(H,13,14,17). The molecule has 2 heterocycles. The van der Waals surface area contributed by atoms with Crippen LogP contribution in [0.4, 0.5) is 5.82 Å². The monoisotopic (exact) mass is 248 g/mol. The molecule has 94 valence electrons. The lowest BCUT2D eigenvalue weighted by molar-refractivity contribution is -0.140. The van der Waals surface area contributed by atoms with Gasteiger partial charge in [-0.2, -0.15) is 0 Å². The lowest BCUT2D eigenvalue weighted by Gasteiger charge is -2.21. The van der Waals surface area contributed by atoms with E-state index in [4.69, 9.17) is 0 Å². The molecule has 6 nitrogen and oxygen atoms in total. The van der Waals surface area contributed by atoms with Gasteiger partial charge in [0.25, 0.3) is 0 Å². The van der Waals surface area contributed by atoms with Gasteiger partial charge in [-0.1, -0.05) is 0 Å². The number of ketones is 1. The number of carbonyl (C=O) groups is 3. The summed E-state index contributed by atoms with van der Waals surface area (Å²) in [5.41, 5.74) is 0.381. The first kappa shape index (κ1) is 12.2. The molecule has 1 aromatic heterocycles. The summed E-state index contributed by atoms with van der Waals surface area (Å²) in [6.07, 6.45) is 1.68. The second-order valence-electron chi connectivity index (χ2n) is 3.92. The predicted molar refractivity (Wildman–Crippen MR) is 61.9 cm³/mol. The minimum absolute atomic E-state index is 0.0376. The van der Waals surface area contributed by atoms with Crippen LogP contribution in [-0.2, 0) is 14.3 Å². The Bertz CT molecular complexity index is 513. The third kappa shape index (κ3) is 2.22. The lowest BCUT2D eigenvalue weighted by Crippen LogP contribution is -2.36. The van der Waals surface area contributed by atoms with Crippen LogP contribution in [0, 0.1) is 5.92 Å². The van der Waals surface area contributed by atoms with E-state index in [-0.39, 0.29) is 24.4 Å². The van der Waals surface area contributed by atoms with Crippen LogP contribution in [0.15, 0.2) is 18.3 Å². The van der Waals surface area contributed by atoms with Crippen LogP contribution >= 0.6 is 0 Å². The fourth-order valence-electron chi connectivity index (χ4n) is 1.84. The maximum absolute atomic E-state index is 12.1. The number of amides is 1. The van der Waals surface area contributed by atoms with Crippen molar-refractivity contribution in [1.29, 1.82) is 0 Å². The summed E-state index contributed by atoms with van der Waals surface area (Å²) >= 11 is 0. The molecule has 0 aliphatic carbocycles. The van der Waals surface area contributed by atoms with Gasteiger partial charge in [-0.25, -0.2) is 4.98 Å². The number of nitrogens with zero attached hydrogens (tertiary/aromatic N) is 1. The van der Waals surface area contributed by atoms with E-state index in [0.29, 0.717) is 5.56 Å². The van der Waals surface area contributed by atoms with Crippen molar-refractivity contribution in [2.45, 2.75) is 12.8 Å². The number of carbonyl (C=O) groups excluding carboxylic acids is 3. The Morgan fingerprint density at radius 2 is 2.28 bits per heavy atom. The molecule has 1 aliphatic rings. The smallest absolute Gasteiger partial charge is 0.305 e. The first-order chi connectivity index (χ1) is 8.63. The first-order valence-corrected chi connectivity index (χ1v) is 5.50. The number of fused-ring (bicyclic) bond motifs is 1. The summed E-state index contributed by atoms with van der Waals surface area (Å²) in [6, 6.07) is 3.24. The number of Topliss-reactive ketones (excluding diaryl/α,β-unsaturated/α-hetero) is 1. The number of ether oxygens (including phenoxy) is 1. The molecule has 0 radical (unpaired) electrons. The minimum Gasteiger partial charge on any atom is -0.469 e. The zero-order chi connectivity index (χ0) is 13.1. The zero-order valence-corrected chi connectivity index (χ0v) is 9.80. The van der Waals surface area contributed by atoms with Crippen LogP contribution in [0.2, 0.25) is 0 Å². The molecule has 1 unspecified atom stereocenters. The van der Waals surface area contributed by atoms with Crippen LogP contribution in [0.3, 0.4) is 0 Å². The Kier molecular flexibility index (Phi) is 3.36. The van der Waals surface area contributed by atoms with Crippen LogP contribution in [0.25, 0.3) is 0 Å². The number of nitrogens with one attached hydrogen (secondary N) is 1. The van der Waals surface area contributed by atoms with E-state index >= 15 is 0 Å². The summed E-state index contributed by atoms with van der Waals surface area (Å²) in [4.78, 5) is 38.8. The molecule has 0 bridgehead atoms. The van der Waals surface area contributed by atoms with Gasteiger partial charge >= 0.3 is 5.97 Å². The Hall–Kier alpha value is -2.24. The quantitative estimate of drug-likeness (QED) is 0.631. The van der Waals surface area contributed by atoms with Crippen LogP contribution in [0.5, 0.6) is 0 Å². The highest BCUT2D eigenvalue weighted by atomic mass is 16.5. The van der Waals surface area contributed by atoms with Gasteiger partial charge in [0.15, 0.2) is 5.78 Å². The van der Waals surface area contributed by atoms with Crippen molar-refractivity contribution in [3.05, 3.63) is 23.9 Å². The van der Waals surface area contributed by atoms with Crippen molar-refractivity contribution in [1.82, 2.24) is 4.98 Å². The SMILES string of the molecule is COC(=O)CCC1C(=O)Nc2ncccc2C1=O. The van der Waals surface area contributed by atoms with Crippen molar-refractivity contribution < 1.29 is 19.1 Å². The largest absolute Gasteiger partial charge is 0.469 e. The highest BCUT2D eigenvalue weighted by Gasteiger charge is 2.34. The summed E-state index contributed by atoms with van der Waals surface area (Å²) < 4.78 is 4.49. The molecule has 1 aliphatic heterocycles.